The van der Waals surface area contributed by atoms with E-state index >= 15 is 0 Å². The third-order valence-electron chi connectivity index (χ3n) is 5.33. The second-order valence-electron chi connectivity index (χ2n) is 7.69. The molecule has 4 rings (SSSR count). The van der Waals surface area contributed by atoms with Crippen molar-refractivity contribution < 1.29 is 14.3 Å². The summed E-state index contributed by atoms with van der Waals surface area (Å²) in [4.78, 5) is 19.5. The molecule has 0 aliphatic carbocycles. The van der Waals surface area contributed by atoms with E-state index in [2.05, 4.69) is 29.0 Å². The van der Waals surface area contributed by atoms with Crippen LogP contribution in [0, 0.1) is 5.92 Å². The first-order valence-electron chi connectivity index (χ1n) is 10.0. The number of fused-ring (bicyclic) bond motifs is 1. The molecule has 3 heterocycles. The number of aromatic nitrogens is 1. The van der Waals surface area contributed by atoms with Gasteiger partial charge in [0, 0.05) is 25.0 Å². The van der Waals surface area contributed by atoms with Crippen LogP contribution >= 0.6 is 0 Å². The Labute approximate surface area is 165 Å². The molecule has 1 atom stereocenters. The Balaban J connectivity index is 1.53. The maximum absolute atomic E-state index is 12.9. The first-order chi connectivity index (χ1) is 13.6. The average molecular weight is 381 g/mol. The fourth-order valence-electron chi connectivity index (χ4n) is 3.82. The Bertz CT molecular complexity index is 847. The lowest BCUT2D eigenvalue weighted by Gasteiger charge is -2.25. The number of hydrogen-bond acceptors (Lipinski definition) is 5. The smallest absolute Gasteiger partial charge is 0.270 e. The van der Waals surface area contributed by atoms with Crippen LogP contribution in [0.2, 0.25) is 0 Å². The van der Waals surface area contributed by atoms with Crippen LogP contribution in [0.4, 0.5) is 5.69 Å². The van der Waals surface area contributed by atoms with Crippen molar-refractivity contribution in [2.75, 3.05) is 31.2 Å². The van der Waals surface area contributed by atoms with Crippen molar-refractivity contribution in [1.82, 2.24) is 10.3 Å². The fraction of sp³-hybridized carbons (Fsp3) is 0.455. The van der Waals surface area contributed by atoms with Crippen molar-refractivity contribution in [3.8, 4) is 11.5 Å². The Hall–Kier alpha value is -2.76. The SMILES string of the molecule is CC(C)C(NC(=O)c1cc(N2CCCC2)ccn1)c1ccc2c(c1)OCCO2. The van der Waals surface area contributed by atoms with Gasteiger partial charge in [0.1, 0.15) is 18.9 Å². The van der Waals surface area contributed by atoms with E-state index in [9.17, 15) is 4.79 Å². The lowest BCUT2D eigenvalue weighted by atomic mass is 9.95. The summed E-state index contributed by atoms with van der Waals surface area (Å²) in [5.41, 5.74) is 2.52. The van der Waals surface area contributed by atoms with Gasteiger partial charge in [-0.1, -0.05) is 19.9 Å². The largest absolute Gasteiger partial charge is 0.486 e. The third-order valence-corrected chi connectivity index (χ3v) is 5.33. The summed E-state index contributed by atoms with van der Waals surface area (Å²) < 4.78 is 11.3. The monoisotopic (exact) mass is 381 g/mol. The molecule has 0 radical (unpaired) electrons. The van der Waals surface area contributed by atoms with E-state index in [1.165, 1.54) is 12.8 Å². The van der Waals surface area contributed by atoms with Gasteiger partial charge in [-0.2, -0.15) is 0 Å². The molecule has 0 spiro atoms. The molecule has 148 valence electrons. The minimum Gasteiger partial charge on any atom is -0.486 e. The van der Waals surface area contributed by atoms with E-state index in [-0.39, 0.29) is 17.9 Å². The van der Waals surface area contributed by atoms with Gasteiger partial charge in [-0.05, 0) is 48.6 Å². The summed E-state index contributed by atoms with van der Waals surface area (Å²) in [7, 11) is 0. The normalized spacial score (nSPS) is 16.9. The quantitative estimate of drug-likeness (QED) is 0.858. The van der Waals surface area contributed by atoms with Crippen molar-refractivity contribution in [3.63, 3.8) is 0 Å². The molecule has 6 heteroatoms. The second kappa shape index (κ2) is 8.09. The van der Waals surface area contributed by atoms with Crippen molar-refractivity contribution in [2.24, 2.45) is 5.92 Å². The maximum atomic E-state index is 12.9. The van der Waals surface area contributed by atoms with Crippen LogP contribution < -0.4 is 19.7 Å². The fourth-order valence-corrected chi connectivity index (χ4v) is 3.82. The van der Waals surface area contributed by atoms with Crippen LogP contribution in [0.25, 0.3) is 0 Å². The van der Waals surface area contributed by atoms with Crippen LogP contribution in [-0.2, 0) is 0 Å². The lowest BCUT2D eigenvalue weighted by Crippen LogP contribution is -2.32. The van der Waals surface area contributed by atoms with Gasteiger partial charge in [0.25, 0.3) is 5.91 Å². The van der Waals surface area contributed by atoms with Crippen molar-refractivity contribution in [2.45, 2.75) is 32.7 Å². The van der Waals surface area contributed by atoms with Crippen LogP contribution in [0.1, 0.15) is 48.8 Å². The second-order valence-corrected chi connectivity index (χ2v) is 7.69. The topological polar surface area (TPSA) is 63.7 Å². The summed E-state index contributed by atoms with van der Waals surface area (Å²) in [5.74, 6) is 1.55. The molecule has 2 aliphatic heterocycles. The summed E-state index contributed by atoms with van der Waals surface area (Å²) in [6, 6.07) is 9.60. The minimum absolute atomic E-state index is 0.138. The van der Waals surface area contributed by atoms with E-state index in [1.807, 2.05) is 30.3 Å². The van der Waals surface area contributed by atoms with Gasteiger partial charge >= 0.3 is 0 Å². The number of pyridine rings is 1. The van der Waals surface area contributed by atoms with E-state index in [0.717, 1.165) is 35.8 Å². The Kier molecular flexibility index (Phi) is 5.37. The number of nitrogens with one attached hydrogen (secondary N) is 1. The number of carbonyl (C=O) groups excluding carboxylic acids is 1. The van der Waals surface area contributed by atoms with Gasteiger partial charge in [-0.25, -0.2) is 0 Å². The highest BCUT2D eigenvalue weighted by molar-refractivity contribution is 5.93. The van der Waals surface area contributed by atoms with E-state index in [4.69, 9.17) is 9.47 Å². The van der Waals surface area contributed by atoms with Crippen molar-refractivity contribution in [3.05, 3.63) is 47.8 Å². The third kappa shape index (κ3) is 3.91. The molecule has 28 heavy (non-hydrogen) atoms. The standard InChI is InChI=1S/C22H27N3O3/c1-15(2)21(16-5-6-19-20(13-16)28-12-11-27-19)24-22(26)18-14-17(7-8-23-18)25-9-3-4-10-25/h5-8,13-15,21H,3-4,9-12H2,1-2H3,(H,24,26). The number of amides is 1. The van der Waals surface area contributed by atoms with Gasteiger partial charge in [0.05, 0.1) is 6.04 Å². The van der Waals surface area contributed by atoms with Crippen LogP contribution in [0.5, 0.6) is 11.5 Å². The van der Waals surface area contributed by atoms with E-state index < -0.39 is 0 Å². The first kappa shape index (κ1) is 18.6. The first-order valence-corrected chi connectivity index (χ1v) is 10.0. The molecule has 2 aliphatic rings. The van der Waals surface area contributed by atoms with Crippen molar-refractivity contribution >= 4 is 11.6 Å². The molecule has 1 N–H and O–H groups in total. The number of rotatable bonds is 5. The molecule has 2 aromatic rings. The van der Waals surface area contributed by atoms with Gasteiger partial charge in [-0.15, -0.1) is 0 Å². The minimum atomic E-state index is -0.158. The molecule has 6 nitrogen and oxygen atoms in total. The van der Waals surface area contributed by atoms with Crippen molar-refractivity contribution in [1.29, 1.82) is 0 Å². The zero-order valence-corrected chi connectivity index (χ0v) is 16.5. The zero-order valence-electron chi connectivity index (χ0n) is 16.5. The molecule has 0 saturated carbocycles. The maximum Gasteiger partial charge on any atom is 0.270 e. The van der Waals surface area contributed by atoms with Crippen LogP contribution in [0.3, 0.4) is 0 Å². The number of benzene rings is 1. The Morgan fingerprint density at radius 1 is 1.07 bits per heavy atom. The highest BCUT2D eigenvalue weighted by Gasteiger charge is 2.23. The molecule has 1 fully saturated rings. The summed E-state index contributed by atoms with van der Waals surface area (Å²) >= 11 is 0. The lowest BCUT2D eigenvalue weighted by molar-refractivity contribution is 0.0920. The van der Waals surface area contributed by atoms with E-state index in [1.54, 1.807) is 6.20 Å². The van der Waals surface area contributed by atoms with Gasteiger partial charge in [0.2, 0.25) is 0 Å². The highest BCUT2D eigenvalue weighted by Crippen LogP contribution is 2.34. The molecular formula is C22H27N3O3. The van der Waals surface area contributed by atoms with Crippen LogP contribution in [0.15, 0.2) is 36.5 Å². The number of carbonyl (C=O) groups is 1. The predicted molar refractivity (Wildman–Crippen MR) is 108 cm³/mol. The molecule has 0 bridgehead atoms. The Morgan fingerprint density at radius 2 is 1.82 bits per heavy atom. The highest BCUT2D eigenvalue weighted by atomic mass is 16.6. The summed E-state index contributed by atoms with van der Waals surface area (Å²) in [5, 5.41) is 3.16. The average Bonchev–Trinajstić information content (AvgIpc) is 3.26. The number of anilines is 1. The summed E-state index contributed by atoms with van der Waals surface area (Å²) in [6.45, 7) is 7.37. The van der Waals surface area contributed by atoms with Gasteiger partial charge in [-0.3, -0.25) is 9.78 Å². The van der Waals surface area contributed by atoms with Crippen LogP contribution in [-0.4, -0.2) is 37.2 Å². The molecule has 1 unspecified atom stereocenters. The number of hydrogen-bond donors (Lipinski definition) is 1. The van der Waals surface area contributed by atoms with Gasteiger partial charge < -0.3 is 19.7 Å². The predicted octanol–water partition coefficient (Wildman–Crippen LogP) is 3.58. The summed E-state index contributed by atoms with van der Waals surface area (Å²) in [6.07, 6.45) is 4.11. The number of ether oxygens (including phenoxy) is 2. The van der Waals surface area contributed by atoms with E-state index in [0.29, 0.717) is 18.9 Å². The molecule has 1 aromatic heterocycles. The molecule has 1 aromatic carbocycles. The molecule has 1 saturated heterocycles. The zero-order chi connectivity index (χ0) is 19.5. The molecule has 1 amide bonds. The Morgan fingerprint density at radius 3 is 2.57 bits per heavy atom. The van der Waals surface area contributed by atoms with Gasteiger partial charge in [0.15, 0.2) is 11.5 Å². The molecular weight excluding hydrogens is 354 g/mol. The number of nitrogens with zero attached hydrogens (tertiary/aromatic N) is 2.